The van der Waals surface area contributed by atoms with Gasteiger partial charge < -0.3 is 20.4 Å². The highest BCUT2D eigenvalue weighted by Crippen LogP contribution is 2.14. The lowest BCUT2D eigenvalue weighted by molar-refractivity contribution is -0.123. The number of benzene rings is 2. The Morgan fingerprint density at radius 3 is 2.13 bits per heavy atom. The predicted octanol–water partition coefficient (Wildman–Crippen LogP) is 3.57. The summed E-state index contributed by atoms with van der Waals surface area (Å²) in [6.07, 6.45) is -4.47. The van der Waals surface area contributed by atoms with Crippen LogP contribution in [-0.2, 0) is 6.54 Å². The standard InChI is InChI=1S/C21H25F3N4O2/c1-27(2)12-13-28(14-16-6-4-3-5-7-16)20(30)26-18-10-8-17(9-11-18)19(29)25-15-21(22,23)24/h3-11H,12-15H2,1-2H3,(H,25,29)(H,26,30). The molecule has 0 atom stereocenters. The minimum atomic E-state index is -4.47. The van der Waals surface area contributed by atoms with Crippen molar-refractivity contribution in [2.24, 2.45) is 0 Å². The van der Waals surface area contributed by atoms with Crippen molar-refractivity contribution in [1.29, 1.82) is 0 Å². The number of hydrogen-bond acceptors (Lipinski definition) is 3. The molecule has 2 aromatic rings. The van der Waals surface area contributed by atoms with Gasteiger partial charge in [-0.1, -0.05) is 30.3 Å². The third-order valence-corrected chi connectivity index (χ3v) is 4.17. The molecule has 30 heavy (non-hydrogen) atoms. The third kappa shape index (κ3) is 8.12. The summed E-state index contributed by atoms with van der Waals surface area (Å²) in [5.74, 6) is -0.832. The third-order valence-electron chi connectivity index (χ3n) is 4.17. The van der Waals surface area contributed by atoms with Gasteiger partial charge in [-0.25, -0.2) is 4.79 Å². The molecule has 3 amide bonds. The largest absolute Gasteiger partial charge is 0.405 e. The smallest absolute Gasteiger partial charge is 0.343 e. The molecule has 0 heterocycles. The summed E-state index contributed by atoms with van der Waals surface area (Å²) in [4.78, 5) is 28.2. The number of halogens is 3. The maximum Gasteiger partial charge on any atom is 0.405 e. The van der Waals surface area contributed by atoms with E-state index in [9.17, 15) is 22.8 Å². The molecule has 0 radical (unpaired) electrons. The number of urea groups is 1. The minimum absolute atomic E-state index is 0.0750. The first-order valence-corrected chi connectivity index (χ1v) is 9.33. The fraction of sp³-hybridized carbons (Fsp3) is 0.333. The quantitative estimate of drug-likeness (QED) is 0.684. The first kappa shape index (κ1) is 23.2. The Hall–Kier alpha value is -3.07. The maximum atomic E-state index is 12.8. The molecular weight excluding hydrogens is 397 g/mol. The van der Waals surface area contributed by atoms with Crippen LogP contribution < -0.4 is 10.6 Å². The summed E-state index contributed by atoms with van der Waals surface area (Å²) in [6.45, 7) is 0.216. The summed E-state index contributed by atoms with van der Waals surface area (Å²) >= 11 is 0. The monoisotopic (exact) mass is 422 g/mol. The molecule has 0 aliphatic carbocycles. The van der Waals surface area contributed by atoms with Gasteiger partial charge >= 0.3 is 12.2 Å². The van der Waals surface area contributed by atoms with E-state index in [1.165, 1.54) is 24.3 Å². The first-order valence-electron chi connectivity index (χ1n) is 9.33. The van der Waals surface area contributed by atoms with Gasteiger partial charge in [0.2, 0.25) is 0 Å². The molecule has 6 nitrogen and oxygen atoms in total. The van der Waals surface area contributed by atoms with Crippen molar-refractivity contribution in [2.75, 3.05) is 39.0 Å². The van der Waals surface area contributed by atoms with Gasteiger partial charge in [-0.3, -0.25) is 4.79 Å². The van der Waals surface area contributed by atoms with Gasteiger partial charge in [0.05, 0.1) is 0 Å². The SMILES string of the molecule is CN(C)CCN(Cc1ccccc1)C(=O)Nc1ccc(C(=O)NCC(F)(F)F)cc1. The molecule has 2 rings (SSSR count). The van der Waals surface area contributed by atoms with Gasteiger partial charge in [-0.2, -0.15) is 13.2 Å². The van der Waals surface area contributed by atoms with E-state index >= 15 is 0 Å². The molecular formula is C21H25F3N4O2. The predicted molar refractivity (Wildman–Crippen MR) is 109 cm³/mol. The van der Waals surface area contributed by atoms with E-state index < -0.39 is 18.6 Å². The second kappa shape index (κ2) is 10.6. The highest BCUT2D eigenvalue weighted by atomic mass is 19.4. The molecule has 0 bridgehead atoms. The van der Waals surface area contributed by atoms with Crippen molar-refractivity contribution < 1.29 is 22.8 Å². The Bertz CT molecular complexity index is 824. The summed E-state index contributed by atoms with van der Waals surface area (Å²) in [5, 5.41) is 4.57. The number of hydrogen-bond donors (Lipinski definition) is 2. The number of carbonyl (C=O) groups is 2. The summed E-state index contributed by atoms with van der Waals surface area (Å²) in [5.41, 5.74) is 1.50. The topological polar surface area (TPSA) is 64.7 Å². The Kier molecular flexibility index (Phi) is 8.23. The van der Waals surface area contributed by atoms with E-state index in [1.807, 2.05) is 54.6 Å². The lowest BCUT2D eigenvalue weighted by Gasteiger charge is -2.25. The van der Waals surface area contributed by atoms with Crippen molar-refractivity contribution in [3.8, 4) is 0 Å². The molecule has 0 saturated carbocycles. The number of amides is 3. The van der Waals surface area contributed by atoms with E-state index in [2.05, 4.69) is 5.32 Å². The number of alkyl halides is 3. The summed E-state index contributed by atoms with van der Waals surface area (Å²) < 4.78 is 36.6. The van der Waals surface area contributed by atoms with Gasteiger partial charge in [-0.05, 0) is 43.9 Å². The van der Waals surface area contributed by atoms with Gasteiger partial charge in [0.25, 0.3) is 5.91 Å². The molecule has 2 aromatic carbocycles. The van der Waals surface area contributed by atoms with Gasteiger partial charge in [0, 0.05) is 30.9 Å². The molecule has 2 N–H and O–H groups in total. The van der Waals surface area contributed by atoms with E-state index in [4.69, 9.17) is 0 Å². The zero-order valence-corrected chi connectivity index (χ0v) is 16.9. The van der Waals surface area contributed by atoms with Crippen molar-refractivity contribution in [1.82, 2.24) is 15.1 Å². The zero-order chi connectivity index (χ0) is 22.1. The fourth-order valence-corrected chi connectivity index (χ4v) is 2.57. The van der Waals surface area contributed by atoms with E-state index in [0.717, 1.165) is 5.56 Å². The van der Waals surface area contributed by atoms with Crippen molar-refractivity contribution in [2.45, 2.75) is 12.7 Å². The fourth-order valence-electron chi connectivity index (χ4n) is 2.57. The molecule has 0 saturated heterocycles. The van der Waals surface area contributed by atoms with E-state index in [0.29, 0.717) is 25.3 Å². The second-order valence-corrected chi connectivity index (χ2v) is 7.02. The molecule has 0 aliphatic rings. The Morgan fingerprint density at radius 1 is 0.933 bits per heavy atom. The molecule has 0 unspecified atom stereocenters. The van der Waals surface area contributed by atoms with Crippen LogP contribution in [-0.4, -0.2) is 61.6 Å². The Morgan fingerprint density at radius 2 is 1.57 bits per heavy atom. The van der Waals surface area contributed by atoms with Crippen molar-refractivity contribution in [3.63, 3.8) is 0 Å². The van der Waals surface area contributed by atoms with Crippen LogP contribution in [0.3, 0.4) is 0 Å². The van der Waals surface area contributed by atoms with Crippen LogP contribution in [0.1, 0.15) is 15.9 Å². The van der Waals surface area contributed by atoms with Crippen LogP contribution >= 0.6 is 0 Å². The number of nitrogens with one attached hydrogen (secondary N) is 2. The molecule has 9 heteroatoms. The Balaban J connectivity index is 2.00. The average molecular weight is 422 g/mol. The number of anilines is 1. The van der Waals surface area contributed by atoms with Crippen LogP contribution in [0.5, 0.6) is 0 Å². The first-order chi connectivity index (χ1) is 14.1. The zero-order valence-electron chi connectivity index (χ0n) is 16.9. The highest BCUT2D eigenvalue weighted by molar-refractivity contribution is 5.95. The molecule has 0 fully saturated rings. The summed E-state index contributed by atoms with van der Waals surface area (Å²) in [6, 6.07) is 15.0. The van der Waals surface area contributed by atoms with E-state index in [1.54, 1.807) is 4.90 Å². The molecule has 0 aromatic heterocycles. The minimum Gasteiger partial charge on any atom is -0.343 e. The Labute approximate surface area is 173 Å². The number of carbonyl (C=O) groups excluding carboxylic acids is 2. The lowest BCUT2D eigenvalue weighted by Crippen LogP contribution is -2.39. The lowest BCUT2D eigenvalue weighted by atomic mass is 10.2. The van der Waals surface area contributed by atoms with Gasteiger partial charge in [0.15, 0.2) is 0 Å². The summed E-state index contributed by atoms with van der Waals surface area (Å²) in [7, 11) is 3.84. The molecule has 0 aliphatic heterocycles. The van der Waals surface area contributed by atoms with Crippen LogP contribution in [0.25, 0.3) is 0 Å². The van der Waals surface area contributed by atoms with Crippen LogP contribution in [0, 0.1) is 0 Å². The number of nitrogens with zero attached hydrogens (tertiary/aromatic N) is 2. The van der Waals surface area contributed by atoms with E-state index in [-0.39, 0.29) is 11.6 Å². The van der Waals surface area contributed by atoms with Crippen molar-refractivity contribution in [3.05, 3.63) is 65.7 Å². The van der Waals surface area contributed by atoms with Gasteiger partial charge in [-0.15, -0.1) is 0 Å². The van der Waals surface area contributed by atoms with Gasteiger partial charge in [0.1, 0.15) is 6.54 Å². The number of rotatable bonds is 8. The van der Waals surface area contributed by atoms with Crippen LogP contribution in [0.15, 0.2) is 54.6 Å². The average Bonchev–Trinajstić information content (AvgIpc) is 2.70. The maximum absolute atomic E-state index is 12.8. The highest BCUT2D eigenvalue weighted by Gasteiger charge is 2.27. The van der Waals surface area contributed by atoms with Crippen LogP contribution in [0.4, 0.5) is 23.7 Å². The number of likely N-dealkylation sites (N-methyl/N-ethyl adjacent to an activating group) is 1. The normalized spacial score (nSPS) is 11.3. The van der Waals surface area contributed by atoms with Crippen LogP contribution in [0.2, 0.25) is 0 Å². The molecule has 0 spiro atoms. The van der Waals surface area contributed by atoms with Crippen molar-refractivity contribution >= 4 is 17.6 Å². The second-order valence-electron chi connectivity index (χ2n) is 7.02. The molecule has 162 valence electrons.